The van der Waals surface area contributed by atoms with E-state index in [9.17, 15) is 13.2 Å². The molecule has 1 aromatic heterocycles. The van der Waals surface area contributed by atoms with Crippen molar-refractivity contribution in [3.63, 3.8) is 0 Å². The number of hydrogen-bond donors (Lipinski definition) is 1. The summed E-state index contributed by atoms with van der Waals surface area (Å²) < 4.78 is 29.3. The first-order valence-electron chi connectivity index (χ1n) is 9.02. The molecule has 1 N–H and O–H groups in total. The quantitative estimate of drug-likeness (QED) is 0.510. The number of rotatable bonds is 7. The van der Waals surface area contributed by atoms with Crippen LogP contribution in [0.4, 0.5) is 5.69 Å². The van der Waals surface area contributed by atoms with Crippen LogP contribution in [0.1, 0.15) is 24.1 Å². The Morgan fingerprint density at radius 3 is 2.41 bits per heavy atom. The van der Waals surface area contributed by atoms with Crippen LogP contribution >= 0.6 is 27.3 Å². The van der Waals surface area contributed by atoms with Gasteiger partial charge in [0.1, 0.15) is 10.3 Å². The van der Waals surface area contributed by atoms with Crippen LogP contribution in [-0.4, -0.2) is 20.9 Å². The molecule has 5 nitrogen and oxygen atoms in total. The van der Waals surface area contributed by atoms with Gasteiger partial charge in [-0.05, 0) is 65.2 Å². The van der Waals surface area contributed by atoms with E-state index < -0.39 is 16.1 Å². The minimum Gasteiger partial charge on any atom is -0.311 e. The van der Waals surface area contributed by atoms with Gasteiger partial charge in [-0.3, -0.25) is 4.79 Å². The van der Waals surface area contributed by atoms with Crippen LogP contribution < -0.4 is 9.62 Å². The number of amides is 1. The van der Waals surface area contributed by atoms with E-state index in [1.54, 1.807) is 35.2 Å². The molecule has 0 bridgehead atoms. The lowest BCUT2D eigenvalue weighted by molar-refractivity contribution is -0.120. The SMILES string of the molecule is CCN(C(=O)[C@@H](NS(=O)(=O)c1ccc(Br)s1)c1ccccc1)c1cccc(C)c1. The van der Waals surface area contributed by atoms with E-state index in [1.807, 2.05) is 44.2 Å². The average molecular weight is 493 g/mol. The summed E-state index contributed by atoms with van der Waals surface area (Å²) in [6.07, 6.45) is 0. The van der Waals surface area contributed by atoms with Crippen LogP contribution in [0.3, 0.4) is 0 Å². The van der Waals surface area contributed by atoms with E-state index in [4.69, 9.17) is 0 Å². The molecule has 0 spiro atoms. The number of nitrogens with zero attached hydrogens (tertiary/aromatic N) is 1. The normalized spacial score (nSPS) is 12.5. The lowest BCUT2D eigenvalue weighted by atomic mass is 10.1. The number of carbonyl (C=O) groups excluding carboxylic acids is 1. The maximum Gasteiger partial charge on any atom is 0.251 e. The van der Waals surface area contributed by atoms with E-state index in [2.05, 4.69) is 20.7 Å². The fourth-order valence-corrected chi connectivity index (χ4v) is 6.18. The third kappa shape index (κ3) is 5.14. The number of aryl methyl sites for hydroxylation is 1. The minimum atomic E-state index is -3.87. The van der Waals surface area contributed by atoms with Gasteiger partial charge in [0.25, 0.3) is 10.0 Å². The molecule has 1 amide bonds. The molecule has 152 valence electrons. The number of sulfonamides is 1. The first kappa shape index (κ1) is 21.7. The number of thiophene rings is 1. The Morgan fingerprint density at radius 1 is 1.10 bits per heavy atom. The topological polar surface area (TPSA) is 66.5 Å². The second kappa shape index (κ2) is 9.21. The predicted octanol–water partition coefficient (Wildman–Crippen LogP) is 4.89. The zero-order valence-corrected chi connectivity index (χ0v) is 19.2. The summed E-state index contributed by atoms with van der Waals surface area (Å²) in [5, 5.41) is 0. The second-order valence-electron chi connectivity index (χ2n) is 6.45. The molecule has 0 radical (unpaired) electrons. The molecule has 0 unspecified atom stereocenters. The number of hydrogen-bond acceptors (Lipinski definition) is 4. The molecule has 0 saturated carbocycles. The highest BCUT2D eigenvalue weighted by atomic mass is 79.9. The van der Waals surface area contributed by atoms with Crippen molar-refractivity contribution in [2.45, 2.75) is 24.1 Å². The van der Waals surface area contributed by atoms with Crippen molar-refractivity contribution >= 4 is 48.9 Å². The summed E-state index contributed by atoms with van der Waals surface area (Å²) in [4.78, 5) is 15.1. The Bertz CT molecular complexity index is 1100. The zero-order valence-electron chi connectivity index (χ0n) is 16.0. The van der Waals surface area contributed by atoms with Crippen molar-refractivity contribution in [1.29, 1.82) is 0 Å². The fraction of sp³-hybridized carbons (Fsp3) is 0.190. The lowest BCUT2D eigenvalue weighted by Gasteiger charge is -2.27. The zero-order chi connectivity index (χ0) is 21.0. The highest BCUT2D eigenvalue weighted by Gasteiger charge is 2.31. The Kier molecular flexibility index (Phi) is 6.89. The van der Waals surface area contributed by atoms with Gasteiger partial charge in [-0.2, -0.15) is 4.72 Å². The van der Waals surface area contributed by atoms with Crippen LogP contribution in [0.2, 0.25) is 0 Å². The number of halogens is 1. The largest absolute Gasteiger partial charge is 0.311 e. The summed E-state index contributed by atoms with van der Waals surface area (Å²) >= 11 is 4.38. The highest BCUT2D eigenvalue weighted by molar-refractivity contribution is 9.11. The van der Waals surface area contributed by atoms with Crippen molar-refractivity contribution < 1.29 is 13.2 Å². The molecule has 1 heterocycles. The monoisotopic (exact) mass is 492 g/mol. The van der Waals surface area contributed by atoms with Gasteiger partial charge in [-0.15, -0.1) is 11.3 Å². The fourth-order valence-electron chi connectivity index (χ4n) is 2.98. The van der Waals surface area contributed by atoms with Crippen molar-refractivity contribution in [2.75, 3.05) is 11.4 Å². The van der Waals surface area contributed by atoms with E-state index in [0.29, 0.717) is 15.9 Å². The molecule has 1 atom stereocenters. The third-order valence-corrected chi connectivity index (χ3v) is 7.90. The molecule has 0 aliphatic rings. The number of benzene rings is 2. The Morgan fingerprint density at radius 2 is 1.83 bits per heavy atom. The Balaban J connectivity index is 2.00. The Hall–Kier alpha value is -2.00. The molecule has 0 fully saturated rings. The van der Waals surface area contributed by atoms with Gasteiger partial charge in [-0.1, -0.05) is 42.5 Å². The molecule has 0 aliphatic heterocycles. The molecular weight excluding hydrogens is 472 g/mol. The van der Waals surface area contributed by atoms with E-state index in [1.165, 1.54) is 6.07 Å². The summed E-state index contributed by atoms with van der Waals surface area (Å²) in [6.45, 7) is 4.24. The van der Waals surface area contributed by atoms with Crippen LogP contribution in [-0.2, 0) is 14.8 Å². The van der Waals surface area contributed by atoms with Gasteiger partial charge in [0.15, 0.2) is 0 Å². The van der Waals surface area contributed by atoms with Crippen LogP contribution in [0.15, 0.2) is 74.7 Å². The highest BCUT2D eigenvalue weighted by Crippen LogP contribution is 2.29. The van der Waals surface area contributed by atoms with Crippen molar-refractivity contribution in [3.05, 3.63) is 81.6 Å². The molecule has 0 saturated heterocycles. The summed E-state index contributed by atoms with van der Waals surface area (Å²) in [5.41, 5.74) is 2.34. The molecule has 29 heavy (non-hydrogen) atoms. The molecule has 2 aromatic carbocycles. The van der Waals surface area contributed by atoms with Crippen LogP contribution in [0, 0.1) is 6.92 Å². The summed E-state index contributed by atoms with van der Waals surface area (Å²) in [5.74, 6) is -0.330. The third-order valence-electron chi connectivity index (χ3n) is 4.36. The molecule has 3 aromatic rings. The maximum atomic E-state index is 13.5. The number of carbonyl (C=O) groups is 1. The van der Waals surface area contributed by atoms with E-state index >= 15 is 0 Å². The molecule has 8 heteroatoms. The smallest absolute Gasteiger partial charge is 0.251 e. The number of nitrogens with one attached hydrogen (secondary N) is 1. The minimum absolute atomic E-state index is 0.150. The number of anilines is 1. The summed E-state index contributed by atoms with van der Waals surface area (Å²) in [7, 11) is -3.87. The molecular formula is C21H21BrN2O3S2. The molecule has 0 aliphatic carbocycles. The first-order valence-corrected chi connectivity index (χ1v) is 12.1. The van der Waals surface area contributed by atoms with E-state index in [-0.39, 0.29) is 10.1 Å². The summed E-state index contributed by atoms with van der Waals surface area (Å²) in [6, 6.07) is 18.6. The number of likely N-dealkylation sites (N-methyl/N-ethyl adjacent to an activating group) is 1. The maximum absolute atomic E-state index is 13.5. The lowest BCUT2D eigenvalue weighted by Crippen LogP contribution is -2.43. The van der Waals surface area contributed by atoms with Crippen molar-refractivity contribution in [2.24, 2.45) is 0 Å². The van der Waals surface area contributed by atoms with Crippen molar-refractivity contribution in [3.8, 4) is 0 Å². The Labute approximate surface area is 183 Å². The predicted molar refractivity (Wildman–Crippen MR) is 121 cm³/mol. The standard InChI is InChI=1S/C21H21BrN2O3S2/c1-3-24(17-11-7-8-15(2)14-17)21(25)20(16-9-5-4-6-10-16)23-29(26,27)19-13-12-18(22)28-19/h4-14,20,23H,3H2,1-2H3/t20-/m0/s1. The van der Waals surface area contributed by atoms with Crippen molar-refractivity contribution in [1.82, 2.24) is 4.72 Å². The van der Waals surface area contributed by atoms with Gasteiger partial charge in [0.05, 0.1) is 3.79 Å². The van der Waals surface area contributed by atoms with Gasteiger partial charge in [0.2, 0.25) is 5.91 Å². The van der Waals surface area contributed by atoms with E-state index in [0.717, 1.165) is 22.6 Å². The van der Waals surface area contributed by atoms with Gasteiger partial charge < -0.3 is 4.90 Å². The second-order valence-corrected chi connectivity index (χ2v) is 10.8. The van der Waals surface area contributed by atoms with Gasteiger partial charge in [0, 0.05) is 12.2 Å². The van der Waals surface area contributed by atoms with Gasteiger partial charge >= 0.3 is 0 Å². The first-order chi connectivity index (χ1) is 13.8. The van der Waals surface area contributed by atoms with Crippen LogP contribution in [0.5, 0.6) is 0 Å². The van der Waals surface area contributed by atoms with Crippen LogP contribution in [0.25, 0.3) is 0 Å². The average Bonchev–Trinajstić information content (AvgIpc) is 3.15. The van der Waals surface area contributed by atoms with Gasteiger partial charge in [-0.25, -0.2) is 8.42 Å². The molecule has 3 rings (SSSR count).